The lowest BCUT2D eigenvalue weighted by Crippen LogP contribution is -2.20. The number of benzene rings is 1. The van der Waals surface area contributed by atoms with Gasteiger partial charge in [-0.15, -0.1) is 12.4 Å². The van der Waals surface area contributed by atoms with Crippen LogP contribution in [0.1, 0.15) is 30.6 Å². The van der Waals surface area contributed by atoms with Crippen LogP contribution in [0.4, 0.5) is 0 Å². The third-order valence-electron chi connectivity index (χ3n) is 5.23. The highest BCUT2D eigenvalue weighted by Gasteiger charge is 2.13. The summed E-state index contributed by atoms with van der Waals surface area (Å²) in [4.78, 5) is 4.83. The van der Waals surface area contributed by atoms with Gasteiger partial charge in [0.2, 0.25) is 0 Å². The second-order valence-electron chi connectivity index (χ2n) is 7.23. The first-order valence-electron chi connectivity index (χ1n) is 10.0. The molecule has 2 aromatic rings. The molecule has 29 heavy (non-hydrogen) atoms. The van der Waals surface area contributed by atoms with Crippen molar-refractivity contribution < 1.29 is 0 Å². The van der Waals surface area contributed by atoms with Gasteiger partial charge >= 0.3 is 0 Å². The molecule has 2 nitrogen and oxygen atoms in total. The predicted octanol–water partition coefficient (Wildman–Crippen LogP) is 6.56. The maximum absolute atomic E-state index is 4.83. The van der Waals surface area contributed by atoms with Crippen LogP contribution in [0.3, 0.4) is 0 Å². The average molecular weight is 403 g/mol. The molecule has 2 aliphatic carbocycles. The minimum atomic E-state index is 0. The number of halogens is 1. The minimum absolute atomic E-state index is 0. The molecule has 0 radical (unpaired) electrons. The molecule has 3 heteroatoms. The number of fused-ring (bicyclic) bond motifs is 1. The van der Waals surface area contributed by atoms with Crippen molar-refractivity contribution in [1.82, 2.24) is 10.3 Å². The SMILES string of the molecule is CC(NCCCc1cccc(-c2ccccc2)n1)c1ccc2cccccc1-2.Cl. The van der Waals surface area contributed by atoms with Gasteiger partial charge in [-0.05, 0) is 55.1 Å². The average Bonchev–Trinajstić information content (AvgIpc) is 3.00. The fourth-order valence-electron chi connectivity index (χ4n) is 3.70. The monoisotopic (exact) mass is 402 g/mol. The molecule has 0 saturated heterocycles. The largest absolute Gasteiger partial charge is 0.310 e. The first kappa shape index (κ1) is 21.0. The van der Waals surface area contributed by atoms with E-state index < -0.39 is 0 Å². The van der Waals surface area contributed by atoms with E-state index in [1.165, 1.54) is 22.3 Å². The summed E-state index contributed by atoms with van der Waals surface area (Å²) < 4.78 is 0. The van der Waals surface area contributed by atoms with Crippen LogP contribution in [0, 0.1) is 0 Å². The van der Waals surface area contributed by atoms with E-state index in [9.17, 15) is 0 Å². The van der Waals surface area contributed by atoms with E-state index in [0.717, 1.165) is 30.8 Å². The van der Waals surface area contributed by atoms with Crippen molar-refractivity contribution in [1.29, 1.82) is 0 Å². The molecule has 1 heterocycles. The van der Waals surface area contributed by atoms with E-state index in [2.05, 4.69) is 97.2 Å². The summed E-state index contributed by atoms with van der Waals surface area (Å²) in [6.07, 6.45) is 2.05. The normalized spacial score (nSPS) is 11.8. The Labute approximate surface area is 179 Å². The Morgan fingerprint density at radius 2 is 1.48 bits per heavy atom. The molecule has 0 fully saturated rings. The summed E-state index contributed by atoms with van der Waals surface area (Å²) in [5.74, 6) is 0. The number of nitrogens with one attached hydrogen (secondary N) is 1. The van der Waals surface area contributed by atoms with Crippen molar-refractivity contribution >= 4 is 12.4 Å². The summed E-state index contributed by atoms with van der Waals surface area (Å²) >= 11 is 0. The van der Waals surface area contributed by atoms with E-state index in [-0.39, 0.29) is 12.4 Å². The molecule has 148 valence electrons. The van der Waals surface area contributed by atoms with Crippen molar-refractivity contribution in [3.8, 4) is 22.4 Å². The Morgan fingerprint density at radius 1 is 0.759 bits per heavy atom. The van der Waals surface area contributed by atoms with E-state index in [4.69, 9.17) is 4.98 Å². The van der Waals surface area contributed by atoms with Gasteiger partial charge in [-0.25, -0.2) is 0 Å². The standard InChI is InChI=1S/C26H26N2.ClH/c1-20(24-18-17-21-10-4-3-7-15-25(21)24)27-19-9-14-23-13-8-16-26(28-23)22-11-5-2-6-12-22;/h2-8,10-13,15-18,20,27H,9,14,19H2,1H3;1H. The van der Waals surface area contributed by atoms with Crippen LogP contribution in [0.25, 0.3) is 22.4 Å². The minimum Gasteiger partial charge on any atom is -0.310 e. The Hall–Kier alpha value is -2.68. The molecule has 0 aliphatic heterocycles. The zero-order valence-electron chi connectivity index (χ0n) is 16.7. The van der Waals surface area contributed by atoms with Gasteiger partial charge in [-0.3, -0.25) is 4.98 Å². The van der Waals surface area contributed by atoms with Crippen LogP contribution in [0.5, 0.6) is 0 Å². The van der Waals surface area contributed by atoms with Gasteiger partial charge in [0.25, 0.3) is 0 Å². The van der Waals surface area contributed by atoms with Gasteiger partial charge in [-0.1, -0.05) is 78.9 Å². The molecular weight excluding hydrogens is 376 g/mol. The van der Waals surface area contributed by atoms with Crippen LogP contribution in [0.15, 0.2) is 91.0 Å². The van der Waals surface area contributed by atoms with E-state index in [1.54, 1.807) is 0 Å². The molecule has 1 N–H and O–H groups in total. The summed E-state index contributed by atoms with van der Waals surface area (Å²) in [7, 11) is 0. The summed E-state index contributed by atoms with van der Waals surface area (Å²) in [5.41, 5.74) is 7.39. The molecule has 1 unspecified atom stereocenters. The molecule has 2 aliphatic rings. The lowest BCUT2D eigenvalue weighted by Gasteiger charge is -2.14. The number of hydrogen-bond acceptors (Lipinski definition) is 2. The molecule has 1 aromatic carbocycles. The smallest absolute Gasteiger partial charge is 0.0705 e. The number of aromatic nitrogens is 1. The number of hydrogen-bond donors (Lipinski definition) is 1. The van der Waals surface area contributed by atoms with Crippen LogP contribution in [-0.2, 0) is 6.42 Å². The number of nitrogens with zero attached hydrogens (tertiary/aromatic N) is 1. The van der Waals surface area contributed by atoms with Gasteiger partial charge in [-0.2, -0.15) is 0 Å². The third-order valence-corrected chi connectivity index (χ3v) is 5.23. The fraction of sp³-hybridized carbons (Fsp3) is 0.192. The van der Waals surface area contributed by atoms with Crippen LogP contribution >= 0.6 is 12.4 Å². The molecule has 1 atom stereocenters. The van der Waals surface area contributed by atoms with Crippen LogP contribution in [-0.4, -0.2) is 11.5 Å². The van der Waals surface area contributed by atoms with Gasteiger partial charge in [0.05, 0.1) is 5.69 Å². The van der Waals surface area contributed by atoms with Gasteiger partial charge in [0.15, 0.2) is 0 Å². The number of pyridine rings is 1. The van der Waals surface area contributed by atoms with Gasteiger partial charge in [0, 0.05) is 17.3 Å². The van der Waals surface area contributed by atoms with Crippen LogP contribution < -0.4 is 5.32 Å². The third kappa shape index (κ3) is 5.23. The second-order valence-corrected chi connectivity index (χ2v) is 7.23. The van der Waals surface area contributed by atoms with Gasteiger partial charge < -0.3 is 5.32 Å². The Bertz CT molecular complexity index is 1000. The zero-order chi connectivity index (χ0) is 19.2. The molecule has 4 rings (SSSR count). The topological polar surface area (TPSA) is 24.9 Å². The summed E-state index contributed by atoms with van der Waals surface area (Å²) in [6.45, 7) is 3.22. The predicted molar refractivity (Wildman–Crippen MR) is 125 cm³/mol. The summed E-state index contributed by atoms with van der Waals surface area (Å²) in [6, 6.07) is 32.2. The Morgan fingerprint density at radius 3 is 2.28 bits per heavy atom. The van der Waals surface area contributed by atoms with Crippen molar-refractivity contribution in [2.24, 2.45) is 0 Å². The second kappa shape index (κ2) is 10.2. The quantitative estimate of drug-likeness (QED) is 0.354. The maximum Gasteiger partial charge on any atom is 0.0705 e. The van der Waals surface area contributed by atoms with Crippen LogP contribution in [0.2, 0.25) is 0 Å². The van der Waals surface area contributed by atoms with Crippen molar-refractivity contribution in [2.75, 3.05) is 6.54 Å². The summed E-state index contributed by atoms with van der Waals surface area (Å²) in [5, 5.41) is 3.68. The van der Waals surface area contributed by atoms with E-state index in [0.29, 0.717) is 6.04 Å². The highest BCUT2D eigenvalue weighted by Crippen LogP contribution is 2.31. The number of aryl methyl sites for hydroxylation is 1. The maximum atomic E-state index is 4.83. The number of rotatable bonds is 7. The lowest BCUT2D eigenvalue weighted by molar-refractivity contribution is 0.558. The molecule has 0 spiro atoms. The van der Waals surface area contributed by atoms with Crippen molar-refractivity contribution in [3.05, 3.63) is 102 Å². The zero-order valence-corrected chi connectivity index (χ0v) is 17.5. The molecular formula is C26H27ClN2. The Kier molecular flexibility index (Phi) is 7.40. The van der Waals surface area contributed by atoms with Gasteiger partial charge in [0.1, 0.15) is 0 Å². The molecule has 1 aromatic heterocycles. The molecule has 0 amide bonds. The highest BCUT2D eigenvalue weighted by molar-refractivity contribution is 5.85. The highest BCUT2D eigenvalue weighted by atomic mass is 35.5. The van der Waals surface area contributed by atoms with E-state index >= 15 is 0 Å². The first-order valence-corrected chi connectivity index (χ1v) is 10.0. The fourth-order valence-corrected chi connectivity index (χ4v) is 3.70. The first-order chi connectivity index (χ1) is 13.8. The van der Waals surface area contributed by atoms with Crippen molar-refractivity contribution in [2.45, 2.75) is 25.8 Å². The van der Waals surface area contributed by atoms with E-state index in [1.807, 2.05) is 6.07 Å². The molecule has 0 saturated carbocycles. The van der Waals surface area contributed by atoms with Crippen molar-refractivity contribution in [3.63, 3.8) is 0 Å². The lowest BCUT2D eigenvalue weighted by atomic mass is 10.0. The molecule has 0 bridgehead atoms. The Balaban J connectivity index is 0.00000240.